The van der Waals surface area contributed by atoms with E-state index in [0.717, 1.165) is 4.47 Å². The number of amides is 1. The van der Waals surface area contributed by atoms with E-state index in [0.29, 0.717) is 22.5 Å². The molecule has 0 spiro atoms. The third-order valence-electron chi connectivity index (χ3n) is 2.55. The number of nitrogens with two attached hydrogens (primary N) is 1. The van der Waals surface area contributed by atoms with Crippen LogP contribution in [0.5, 0.6) is 0 Å². The monoisotopic (exact) mass is 315 g/mol. The van der Waals surface area contributed by atoms with E-state index >= 15 is 0 Å². The number of hydrogen-bond acceptors (Lipinski definition) is 3. The van der Waals surface area contributed by atoms with Crippen LogP contribution in [0.2, 0.25) is 0 Å². The molecule has 0 unspecified atom stereocenters. The molecule has 0 atom stereocenters. The quantitative estimate of drug-likeness (QED) is 0.835. The van der Waals surface area contributed by atoms with Crippen LogP contribution in [-0.4, -0.2) is 5.91 Å². The maximum Gasteiger partial charge on any atom is 0.257 e. The molecule has 0 saturated carbocycles. The molecule has 2 rings (SSSR count). The number of carbonyl (C=O) groups excluding carboxylic acids is 1. The molecule has 2 aromatic carbocycles. The lowest BCUT2D eigenvalue weighted by Crippen LogP contribution is -2.14. The van der Waals surface area contributed by atoms with Gasteiger partial charge in [0.05, 0.1) is 16.8 Å². The van der Waals surface area contributed by atoms with Crippen molar-refractivity contribution >= 4 is 33.2 Å². The van der Waals surface area contributed by atoms with Crippen LogP contribution in [0.4, 0.5) is 11.4 Å². The van der Waals surface area contributed by atoms with Gasteiger partial charge in [0.1, 0.15) is 6.07 Å². The van der Waals surface area contributed by atoms with Crippen molar-refractivity contribution in [2.45, 2.75) is 0 Å². The summed E-state index contributed by atoms with van der Waals surface area (Å²) in [6, 6.07) is 13.8. The summed E-state index contributed by atoms with van der Waals surface area (Å²) in [4.78, 5) is 12.1. The molecule has 4 nitrogen and oxygen atoms in total. The number of halogens is 1. The first-order valence-electron chi connectivity index (χ1n) is 5.47. The molecule has 0 aliphatic heterocycles. The fourth-order valence-electron chi connectivity index (χ4n) is 1.62. The number of para-hydroxylation sites is 1. The predicted octanol–water partition coefficient (Wildman–Crippen LogP) is 3.16. The third kappa shape index (κ3) is 2.92. The number of nitrogen functional groups attached to an aromatic ring is 1. The van der Waals surface area contributed by atoms with Crippen molar-refractivity contribution in [2.75, 3.05) is 11.1 Å². The molecule has 0 saturated heterocycles. The highest BCUT2D eigenvalue weighted by Crippen LogP contribution is 2.21. The Hall–Kier alpha value is -2.32. The molecule has 19 heavy (non-hydrogen) atoms. The van der Waals surface area contributed by atoms with E-state index < -0.39 is 0 Å². The van der Waals surface area contributed by atoms with Gasteiger partial charge in [-0.25, -0.2) is 0 Å². The zero-order chi connectivity index (χ0) is 13.8. The molecule has 0 aliphatic carbocycles. The van der Waals surface area contributed by atoms with Crippen molar-refractivity contribution in [3.8, 4) is 6.07 Å². The number of hydrogen-bond donors (Lipinski definition) is 2. The number of carbonyl (C=O) groups is 1. The van der Waals surface area contributed by atoms with E-state index in [1.807, 2.05) is 6.07 Å². The summed E-state index contributed by atoms with van der Waals surface area (Å²) in [6.07, 6.45) is 0. The van der Waals surface area contributed by atoms with Crippen LogP contribution in [-0.2, 0) is 0 Å². The van der Waals surface area contributed by atoms with E-state index in [1.165, 1.54) is 0 Å². The third-order valence-corrected chi connectivity index (χ3v) is 3.05. The van der Waals surface area contributed by atoms with Gasteiger partial charge in [0, 0.05) is 10.2 Å². The molecule has 0 heterocycles. The smallest absolute Gasteiger partial charge is 0.257 e. The molecule has 0 aromatic heterocycles. The largest absolute Gasteiger partial charge is 0.398 e. The lowest BCUT2D eigenvalue weighted by Gasteiger charge is -2.09. The van der Waals surface area contributed by atoms with Gasteiger partial charge >= 0.3 is 0 Å². The van der Waals surface area contributed by atoms with Gasteiger partial charge < -0.3 is 11.1 Å². The number of benzene rings is 2. The average molecular weight is 316 g/mol. The Balaban J connectivity index is 2.29. The van der Waals surface area contributed by atoms with Crippen molar-refractivity contribution in [1.29, 1.82) is 5.26 Å². The van der Waals surface area contributed by atoms with Crippen molar-refractivity contribution in [2.24, 2.45) is 0 Å². The lowest BCUT2D eigenvalue weighted by atomic mass is 10.1. The Morgan fingerprint density at radius 1 is 1.26 bits per heavy atom. The van der Waals surface area contributed by atoms with Crippen LogP contribution in [0.15, 0.2) is 46.9 Å². The van der Waals surface area contributed by atoms with Crippen molar-refractivity contribution in [3.63, 3.8) is 0 Å². The zero-order valence-electron chi connectivity index (χ0n) is 9.85. The summed E-state index contributed by atoms with van der Waals surface area (Å²) >= 11 is 3.28. The molecule has 94 valence electrons. The van der Waals surface area contributed by atoms with Crippen LogP contribution in [0, 0.1) is 11.3 Å². The van der Waals surface area contributed by atoms with Gasteiger partial charge in [-0.3, -0.25) is 4.79 Å². The minimum Gasteiger partial charge on any atom is -0.398 e. The normalized spacial score (nSPS) is 9.68. The van der Waals surface area contributed by atoms with Gasteiger partial charge in [0.2, 0.25) is 0 Å². The number of rotatable bonds is 2. The van der Waals surface area contributed by atoms with Gasteiger partial charge in [-0.05, 0) is 30.3 Å². The molecule has 5 heteroatoms. The molecule has 2 aromatic rings. The molecule has 0 fully saturated rings. The number of nitriles is 1. The Kier molecular flexibility index (Phi) is 3.83. The summed E-state index contributed by atoms with van der Waals surface area (Å²) in [6.45, 7) is 0. The lowest BCUT2D eigenvalue weighted by molar-refractivity contribution is 0.102. The summed E-state index contributed by atoms with van der Waals surface area (Å²) < 4.78 is 0.805. The molecular formula is C14H10BrN3O. The molecule has 1 amide bonds. The van der Waals surface area contributed by atoms with E-state index in [1.54, 1.807) is 42.5 Å². The Labute approximate surface area is 119 Å². The highest BCUT2D eigenvalue weighted by molar-refractivity contribution is 9.10. The Morgan fingerprint density at radius 3 is 2.68 bits per heavy atom. The van der Waals surface area contributed by atoms with Gasteiger partial charge in [-0.2, -0.15) is 5.26 Å². The first-order chi connectivity index (χ1) is 9.11. The van der Waals surface area contributed by atoms with Gasteiger partial charge in [-0.1, -0.05) is 28.1 Å². The van der Waals surface area contributed by atoms with Crippen LogP contribution >= 0.6 is 15.9 Å². The van der Waals surface area contributed by atoms with E-state index in [9.17, 15) is 4.79 Å². The highest BCUT2D eigenvalue weighted by Gasteiger charge is 2.11. The maximum atomic E-state index is 12.1. The summed E-state index contributed by atoms with van der Waals surface area (Å²) in [5, 5.41) is 11.6. The fourth-order valence-corrected chi connectivity index (χ4v) is 2.00. The standard InChI is InChI=1S/C14H10BrN3O/c15-10-5-6-11(12(17)7-10)14(19)18-13-4-2-1-3-9(13)8-16/h1-7H,17H2,(H,18,19). The van der Waals surface area contributed by atoms with Crippen molar-refractivity contribution in [1.82, 2.24) is 0 Å². The maximum absolute atomic E-state index is 12.1. The predicted molar refractivity (Wildman–Crippen MR) is 77.7 cm³/mol. The van der Waals surface area contributed by atoms with E-state index in [2.05, 4.69) is 21.2 Å². The Bertz CT molecular complexity index is 677. The first-order valence-corrected chi connectivity index (χ1v) is 6.26. The van der Waals surface area contributed by atoms with Crippen LogP contribution < -0.4 is 11.1 Å². The van der Waals surface area contributed by atoms with Gasteiger partial charge in [0.15, 0.2) is 0 Å². The van der Waals surface area contributed by atoms with Crippen LogP contribution in [0.1, 0.15) is 15.9 Å². The molecular weight excluding hydrogens is 306 g/mol. The zero-order valence-corrected chi connectivity index (χ0v) is 11.4. The second kappa shape index (κ2) is 5.55. The average Bonchev–Trinajstić information content (AvgIpc) is 2.39. The van der Waals surface area contributed by atoms with E-state index in [-0.39, 0.29) is 5.91 Å². The van der Waals surface area contributed by atoms with Crippen LogP contribution in [0.3, 0.4) is 0 Å². The van der Waals surface area contributed by atoms with Crippen LogP contribution in [0.25, 0.3) is 0 Å². The van der Waals surface area contributed by atoms with Crippen molar-refractivity contribution in [3.05, 3.63) is 58.1 Å². The first kappa shape index (κ1) is 13.1. The molecule has 0 radical (unpaired) electrons. The number of nitrogens with one attached hydrogen (secondary N) is 1. The SMILES string of the molecule is N#Cc1ccccc1NC(=O)c1ccc(Br)cc1N. The summed E-state index contributed by atoms with van der Waals surface area (Å²) in [5.74, 6) is -0.340. The minimum absolute atomic E-state index is 0.340. The van der Waals surface area contributed by atoms with Gasteiger partial charge in [0.25, 0.3) is 5.91 Å². The highest BCUT2D eigenvalue weighted by atomic mass is 79.9. The Morgan fingerprint density at radius 2 is 2.00 bits per heavy atom. The number of anilines is 2. The fraction of sp³-hybridized carbons (Fsp3) is 0. The summed E-state index contributed by atoms with van der Waals surface area (Å²) in [5.41, 5.74) is 7.42. The minimum atomic E-state index is -0.340. The van der Waals surface area contributed by atoms with Gasteiger partial charge in [-0.15, -0.1) is 0 Å². The molecule has 0 bridgehead atoms. The van der Waals surface area contributed by atoms with E-state index in [4.69, 9.17) is 11.0 Å². The van der Waals surface area contributed by atoms with Crippen molar-refractivity contribution < 1.29 is 4.79 Å². The molecule has 3 N–H and O–H groups in total. The summed E-state index contributed by atoms with van der Waals surface area (Å²) in [7, 11) is 0. The second-order valence-corrected chi connectivity index (χ2v) is 4.76. The number of nitrogens with zero attached hydrogens (tertiary/aromatic N) is 1. The second-order valence-electron chi connectivity index (χ2n) is 3.84. The topological polar surface area (TPSA) is 78.9 Å². The molecule has 0 aliphatic rings.